The summed E-state index contributed by atoms with van der Waals surface area (Å²) >= 11 is 1.51. The van der Waals surface area contributed by atoms with E-state index in [1.165, 1.54) is 11.3 Å². The van der Waals surface area contributed by atoms with Gasteiger partial charge in [0.25, 0.3) is 0 Å². The molecule has 0 spiro atoms. The smallest absolute Gasteiger partial charge is 0.307 e. The fraction of sp³-hybridized carbons (Fsp3) is 0.238. The van der Waals surface area contributed by atoms with Gasteiger partial charge in [-0.15, -0.1) is 11.3 Å². The normalized spacial score (nSPS) is 12.2. The van der Waals surface area contributed by atoms with Crippen molar-refractivity contribution >= 4 is 34.0 Å². The molecule has 0 aliphatic heterocycles. The van der Waals surface area contributed by atoms with Crippen molar-refractivity contribution < 1.29 is 18.8 Å². The van der Waals surface area contributed by atoms with Crippen LogP contribution in [0.4, 0.5) is 0 Å². The Bertz CT molecular complexity index is 1160. The first-order valence-electron chi connectivity index (χ1n) is 9.20. The number of H-pyrrole nitrogens is 1. The summed E-state index contributed by atoms with van der Waals surface area (Å²) in [6, 6.07) is 11.4. The van der Waals surface area contributed by atoms with Crippen LogP contribution in [0.3, 0.4) is 0 Å². The molecule has 1 aromatic carbocycles. The Morgan fingerprint density at radius 3 is 2.86 bits per heavy atom. The molecule has 7 nitrogen and oxygen atoms in total. The molecule has 1 atom stereocenters. The maximum atomic E-state index is 12.8. The number of ketones is 1. The number of carbonyl (C=O) groups excluding carboxylic acids is 2. The standard InChI is InChI=1S/C21H19N3O4S/c1-12-19(14-6-3-4-7-15(14)22-12)20(26)13(2)27-18(25)10-9-17-23-21(24-28-17)16-8-5-11-29-16/h3-8,11,13,22H,9-10H2,1-2H3. The molecule has 4 aromatic rings. The van der Waals surface area contributed by atoms with Crippen LogP contribution in [-0.4, -0.2) is 33.0 Å². The van der Waals surface area contributed by atoms with Crippen molar-refractivity contribution in [1.29, 1.82) is 0 Å². The highest BCUT2D eigenvalue weighted by atomic mass is 32.1. The van der Waals surface area contributed by atoms with E-state index < -0.39 is 12.1 Å². The third kappa shape index (κ3) is 3.97. The van der Waals surface area contributed by atoms with Crippen LogP contribution in [0.25, 0.3) is 21.6 Å². The topological polar surface area (TPSA) is 98.1 Å². The van der Waals surface area contributed by atoms with Crippen molar-refractivity contribution in [3.63, 3.8) is 0 Å². The van der Waals surface area contributed by atoms with Gasteiger partial charge in [-0.1, -0.05) is 29.4 Å². The van der Waals surface area contributed by atoms with Crippen LogP contribution in [0.2, 0.25) is 0 Å². The molecule has 0 aliphatic carbocycles. The number of ether oxygens (including phenoxy) is 1. The molecule has 0 amide bonds. The van der Waals surface area contributed by atoms with E-state index in [2.05, 4.69) is 15.1 Å². The van der Waals surface area contributed by atoms with Crippen LogP contribution in [0.1, 0.15) is 35.3 Å². The summed E-state index contributed by atoms with van der Waals surface area (Å²) in [4.78, 5) is 33.4. The van der Waals surface area contributed by atoms with Gasteiger partial charge in [-0.25, -0.2) is 0 Å². The average molecular weight is 409 g/mol. The lowest BCUT2D eigenvalue weighted by atomic mass is 10.0. The van der Waals surface area contributed by atoms with Gasteiger partial charge < -0.3 is 14.2 Å². The molecule has 0 aliphatic rings. The second-order valence-electron chi connectivity index (χ2n) is 6.66. The van der Waals surface area contributed by atoms with Crippen molar-refractivity contribution in [2.75, 3.05) is 0 Å². The molecule has 0 saturated carbocycles. The molecule has 1 N–H and O–H groups in total. The number of aromatic nitrogens is 3. The summed E-state index contributed by atoms with van der Waals surface area (Å²) in [5.41, 5.74) is 2.19. The number of fused-ring (bicyclic) bond motifs is 1. The minimum atomic E-state index is -0.884. The predicted octanol–water partition coefficient (Wildman–Crippen LogP) is 4.34. The summed E-state index contributed by atoms with van der Waals surface area (Å²) in [6.07, 6.45) is -0.578. The van der Waals surface area contributed by atoms with E-state index in [4.69, 9.17) is 9.26 Å². The maximum absolute atomic E-state index is 12.8. The van der Waals surface area contributed by atoms with Gasteiger partial charge in [0.1, 0.15) is 0 Å². The lowest BCUT2D eigenvalue weighted by Crippen LogP contribution is -2.25. The molecule has 0 saturated heterocycles. The van der Waals surface area contributed by atoms with Crippen molar-refractivity contribution in [3.8, 4) is 10.7 Å². The van der Waals surface area contributed by atoms with E-state index in [0.717, 1.165) is 21.5 Å². The monoisotopic (exact) mass is 409 g/mol. The lowest BCUT2D eigenvalue weighted by molar-refractivity contribution is -0.146. The number of benzene rings is 1. The van der Waals surface area contributed by atoms with Crippen LogP contribution in [0.5, 0.6) is 0 Å². The molecule has 4 rings (SSSR count). The molecular formula is C21H19N3O4S. The number of rotatable bonds is 7. The second-order valence-corrected chi connectivity index (χ2v) is 7.60. The molecule has 29 heavy (non-hydrogen) atoms. The number of carbonyl (C=O) groups is 2. The van der Waals surface area contributed by atoms with Gasteiger partial charge in [0.15, 0.2) is 6.10 Å². The van der Waals surface area contributed by atoms with E-state index in [1.807, 2.05) is 48.7 Å². The summed E-state index contributed by atoms with van der Waals surface area (Å²) in [7, 11) is 0. The zero-order valence-corrected chi connectivity index (χ0v) is 16.8. The first kappa shape index (κ1) is 19.1. The van der Waals surface area contributed by atoms with Crippen LogP contribution < -0.4 is 0 Å². The highest BCUT2D eigenvalue weighted by molar-refractivity contribution is 7.13. The first-order chi connectivity index (χ1) is 14.0. The quantitative estimate of drug-likeness (QED) is 0.360. The fourth-order valence-electron chi connectivity index (χ4n) is 3.18. The van der Waals surface area contributed by atoms with Gasteiger partial charge in [-0.2, -0.15) is 4.98 Å². The predicted molar refractivity (Wildman–Crippen MR) is 109 cm³/mol. The Balaban J connectivity index is 1.37. The second kappa shape index (κ2) is 8.00. The van der Waals surface area contributed by atoms with Gasteiger partial charge >= 0.3 is 5.97 Å². The molecule has 3 aromatic heterocycles. The number of nitrogens with zero attached hydrogens (tertiary/aromatic N) is 2. The van der Waals surface area contributed by atoms with Crippen molar-refractivity contribution in [2.45, 2.75) is 32.8 Å². The minimum Gasteiger partial charge on any atom is -0.454 e. The molecule has 8 heteroatoms. The zero-order valence-electron chi connectivity index (χ0n) is 16.0. The molecule has 148 valence electrons. The summed E-state index contributed by atoms with van der Waals surface area (Å²) < 4.78 is 10.5. The number of esters is 1. The lowest BCUT2D eigenvalue weighted by Gasteiger charge is -2.12. The number of nitrogens with one attached hydrogen (secondary N) is 1. The first-order valence-corrected chi connectivity index (χ1v) is 10.1. The van der Waals surface area contributed by atoms with E-state index in [9.17, 15) is 9.59 Å². The summed E-state index contributed by atoms with van der Waals surface area (Å²) in [5.74, 6) is 0.142. The summed E-state index contributed by atoms with van der Waals surface area (Å²) in [6.45, 7) is 3.42. The number of aromatic amines is 1. The number of para-hydroxylation sites is 1. The Morgan fingerprint density at radius 2 is 2.07 bits per heavy atom. The van der Waals surface area contributed by atoms with Crippen LogP contribution in [-0.2, 0) is 16.0 Å². The third-order valence-electron chi connectivity index (χ3n) is 4.57. The van der Waals surface area contributed by atoms with E-state index in [1.54, 1.807) is 6.92 Å². The van der Waals surface area contributed by atoms with E-state index in [-0.39, 0.29) is 18.6 Å². The highest BCUT2D eigenvalue weighted by Gasteiger charge is 2.24. The summed E-state index contributed by atoms with van der Waals surface area (Å²) in [5, 5.41) is 6.66. The average Bonchev–Trinajstić information content (AvgIpc) is 3.44. The van der Waals surface area contributed by atoms with Crippen molar-refractivity contribution in [2.24, 2.45) is 0 Å². The van der Waals surface area contributed by atoms with Crippen LogP contribution in [0.15, 0.2) is 46.3 Å². The Kier molecular flexibility index (Phi) is 5.26. The number of aryl methyl sites for hydroxylation is 2. The molecule has 1 unspecified atom stereocenters. The minimum absolute atomic E-state index is 0.0521. The fourth-order valence-corrected chi connectivity index (χ4v) is 3.83. The Morgan fingerprint density at radius 1 is 1.24 bits per heavy atom. The Labute approximate surface area is 170 Å². The van der Waals surface area contributed by atoms with Crippen LogP contribution in [0, 0.1) is 6.92 Å². The molecule has 3 heterocycles. The number of Topliss-reactive ketones (excluding diaryl/α,β-unsaturated/α-hetero) is 1. The number of hydrogen-bond acceptors (Lipinski definition) is 7. The molecular weight excluding hydrogens is 390 g/mol. The highest BCUT2D eigenvalue weighted by Crippen LogP contribution is 2.24. The Hall–Kier alpha value is -3.26. The number of hydrogen-bond donors (Lipinski definition) is 1. The number of thiophene rings is 1. The van der Waals surface area contributed by atoms with E-state index >= 15 is 0 Å². The largest absolute Gasteiger partial charge is 0.454 e. The van der Waals surface area contributed by atoms with Gasteiger partial charge in [0.05, 0.1) is 11.3 Å². The maximum Gasteiger partial charge on any atom is 0.307 e. The van der Waals surface area contributed by atoms with Gasteiger partial charge in [-0.05, 0) is 31.4 Å². The van der Waals surface area contributed by atoms with E-state index in [0.29, 0.717) is 17.3 Å². The SMILES string of the molecule is Cc1[nH]c2ccccc2c1C(=O)C(C)OC(=O)CCc1nc(-c2cccs2)no1. The third-order valence-corrected chi connectivity index (χ3v) is 5.44. The van der Waals surface area contributed by atoms with Crippen molar-refractivity contribution in [3.05, 3.63) is 58.9 Å². The van der Waals surface area contributed by atoms with Gasteiger partial charge in [0.2, 0.25) is 17.5 Å². The van der Waals surface area contributed by atoms with Crippen molar-refractivity contribution in [1.82, 2.24) is 15.1 Å². The molecule has 0 bridgehead atoms. The van der Waals surface area contributed by atoms with Gasteiger partial charge in [0, 0.05) is 28.6 Å². The van der Waals surface area contributed by atoms with Gasteiger partial charge in [-0.3, -0.25) is 9.59 Å². The van der Waals surface area contributed by atoms with Crippen LogP contribution >= 0.6 is 11.3 Å². The molecule has 0 fully saturated rings. The molecule has 0 radical (unpaired) electrons. The zero-order chi connectivity index (χ0) is 20.4.